The maximum Gasteiger partial charge on any atom is 0.0110 e. The van der Waals surface area contributed by atoms with Crippen molar-refractivity contribution in [2.75, 3.05) is 0 Å². The molecule has 0 radical (unpaired) electrons. The Hall–Kier alpha value is -0.430. The van der Waals surface area contributed by atoms with Gasteiger partial charge in [-0.1, -0.05) is 53.7 Å². The highest BCUT2D eigenvalue weighted by Gasteiger charge is 2.14. The van der Waals surface area contributed by atoms with Gasteiger partial charge in [0.15, 0.2) is 0 Å². The van der Waals surface area contributed by atoms with Crippen molar-refractivity contribution in [1.82, 2.24) is 0 Å². The minimum atomic E-state index is 0.545. The predicted octanol–water partition coefficient (Wildman–Crippen LogP) is 5.35. The van der Waals surface area contributed by atoms with Crippen LogP contribution in [0, 0.1) is 0 Å². The molecule has 0 saturated heterocycles. The SMILES string of the molecule is CC(C)c1cc(C(C)C)c(S)c(C(C)C)c1. The number of rotatable bonds is 3. The second kappa shape index (κ2) is 5.27. The first-order valence-corrected chi connectivity index (χ1v) is 6.66. The quantitative estimate of drug-likeness (QED) is 0.672. The zero-order valence-electron chi connectivity index (χ0n) is 11.3. The van der Waals surface area contributed by atoms with Gasteiger partial charge >= 0.3 is 0 Å². The fourth-order valence-corrected chi connectivity index (χ4v) is 2.56. The highest BCUT2D eigenvalue weighted by molar-refractivity contribution is 7.80. The molecule has 0 spiro atoms. The number of benzene rings is 1. The number of hydrogen-bond acceptors (Lipinski definition) is 1. The van der Waals surface area contributed by atoms with Crippen molar-refractivity contribution in [2.24, 2.45) is 0 Å². The Kier molecular flexibility index (Phi) is 4.49. The van der Waals surface area contributed by atoms with Gasteiger partial charge in [0.05, 0.1) is 0 Å². The van der Waals surface area contributed by atoms with Gasteiger partial charge in [-0.2, -0.15) is 0 Å². The summed E-state index contributed by atoms with van der Waals surface area (Å²) in [7, 11) is 0. The van der Waals surface area contributed by atoms with Crippen LogP contribution in [0.5, 0.6) is 0 Å². The van der Waals surface area contributed by atoms with E-state index < -0.39 is 0 Å². The molecule has 0 bridgehead atoms. The second-order valence-electron chi connectivity index (χ2n) is 5.51. The van der Waals surface area contributed by atoms with E-state index in [1.807, 2.05) is 0 Å². The third kappa shape index (κ3) is 2.82. The number of hydrogen-bond donors (Lipinski definition) is 1. The summed E-state index contributed by atoms with van der Waals surface area (Å²) >= 11 is 4.71. The fraction of sp³-hybridized carbons (Fsp3) is 0.600. The van der Waals surface area contributed by atoms with Crippen molar-refractivity contribution in [3.05, 3.63) is 28.8 Å². The van der Waals surface area contributed by atoms with Gasteiger partial charge in [-0.25, -0.2) is 0 Å². The van der Waals surface area contributed by atoms with Crippen molar-refractivity contribution in [3.63, 3.8) is 0 Å². The molecular formula is C15H24S. The molecule has 16 heavy (non-hydrogen) atoms. The van der Waals surface area contributed by atoms with Crippen LogP contribution in [0.1, 0.15) is 76.0 Å². The standard InChI is InChI=1S/C15H24S/c1-9(2)12-7-13(10(3)4)15(16)14(8-12)11(5)6/h7-11,16H,1-6H3. The van der Waals surface area contributed by atoms with Gasteiger partial charge in [0.2, 0.25) is 0 Å². The zero-order chi connectivity index (χ0) is 12.5. The summed E-state index contributed by atoms with van der Waals surface area (Å²) in [6.45, 7) is 13.5. The fourth-order valence-electron chi connectivity index (χ4n) is 1.92. The summed E-state index contributed by atoms with van der Waals surface area (Å²) in [5.74, 6) is 1.68. The maximum absolute atomic E-state index is 4.71. The molecule has 0 aromatic heterocycles. The van der Waals surface area contributed by atoms with Gasteiger partial charge in [-0.05, 0) is 34.4 Å². The van der Waals surface area contributed by atoms with Crippen LogP contribution in [0.25, 0.3) is 0 Å². The zero-order valence-corrected chi connectivity index (χ0v) is 12.2. The van der Waals surface area contributed by atoms with Crippen LogP contribution in [0.15, 0.2) is 17.0 Å². The Balaban J connectivity index is 3.39. The van der Waals surface area contributed by atoms with Crippen molar-refractivity contribution >= 4 is 12.6 Å². The van der Waals surface area contributed by atoms with Gasteiger partial charge in [0, 0.05) is 4.90 Å². The molecule has 0 aliphatic carbocycles. The third-order valence-electron chi connectivity index (χ3n) is 3.10. The molecule has 1 heteroatoms. The van der Waals surface area contributed by atoms with E-state index in [-0.39, 0.29) is 0 Å². The molecule has 0 fully saturated rings. The number of thiol groups is 1. The van der Waals surface area contributed by atoms with Gasteiger partial charge in [0.1, 0.15) is 0 Å². The van der Waals surface area contributed by atoms with Crippen LogP contribution in [-0.4, -0.2) is 0 Å². The average molecular weight is 236 g/mol. The van der Waals surface area contributed by atoms with Gasteiger partial charge in [-0.15, -0.1) is 12.6 Å². The minimum absolute atomic E-state index is 0.545. The maximum atomic E-state index is 4.71. The average Bonchev–Trinajstić information content (AvgIpc) is 2.16. The molecule has 0 unspecified atom stereocenters. The highest BCUT2D eigenvalue weighted by atomic mass is 32.1. The van der Waals surface area contributed by atoms with E-state index in [1.165, 1.54) is 21.6 Å². The van der Waals surface area contributed by atoms with Crippen molar-refractivity contribution in [2.45, 2.75) is 64.2 Å². The first kappa shape index (κ1) is 13.6. The molecule has 1 aromatic rings. The van der Waals surface area contributed by atoms with Crippen molar-refractivity contribution < 1.29 is 0 Å². The second-order valence-corrected chi connectivity index (χ2v) is 5.96. The summed E-state index contributed by atoms with van der Waals surface area (Å²) in [4.78, 5) is 1.19. The van der Waals surface area contributed by atoms with E-state index in [4.69, 9.17) is 12.6 Å². The van der Waals surface area contributed by atoms with Crippen molar-refractivity contribution in [1.29, 1.82) is 0 Å². The first-order chi connectivity index (χ1) is 7.34. The Labute approximate surface area is 106 Å². The van der Waals surface area contributed by atoms with Gasteiger partial charge in [-0.3, -0.25) is 0 Å². The monoisotopic (exact) mass is 236 g/mol. The van der Waals surface area contributed by atoms with Crippen LogP contribution < -0.4 is 0 Å². The van der Waals surface area contributed by atoms with Gasteiger partial charge < -0.3 is 0 Å². The lowest BCUT2D eigenvalue weighted by molar-refractivity contribution is 0.773. The van der Waals surface area contributed by atoms with Crippen LogP contribution in [0.4, 0.5) is 0 Å². The third-order valence-corrected chi connectivity index (χ3v) is 3.62. The van der Waals surface area contributed by atoms with E-state index in [0.29, 0.717) is 17.8 Å². The topological polar surface area (TPSA) is 0 Å². The minimum Gasteiger partial charge on any atom is -0.143 e. The molecule has 0 amide bonds. The lowest BCUT2D eigenvalue weighted by Gasteiger charge is -2.19. The van der Waals surface area contributed by atoms with Crippen molar-refractivity contribution in [3.8, 4) is 0 Å². The summed E-state index contributed by atoms with van der Waals surface area (Å²) in [6.07, 6.45) is 0. The summed E-state index contributed by atoms with van der Waals surface area (Å²) in [6, 6.07) is 4.65. The summed E-state index contributed by atoms with van der Waals surface area (Å²) < 4.78 is 0. The Morgan fingerprint density at radius 1 is 0.750 bits per heavy atom. The van der Waals surface area contributed by atoms with E-state index in [9.17, 15) is 0 Å². The normalized spacial score (nSPS) is 11.9. The Bertz CT molecular complexity index is 333. The molecule has 0 aliphatic heterocycles. The van der Waals surface area contributed by atoms with Crippen LogP contribution in [0.3, 0.4) is 0 Å². The van der Waals surface area contributed by atoms with E-state index in [1.54, 1.807) is 0 Å². The van der Waals surface area contributed by atoms with E-state index in [2.05, 4.69) is 53.7 Å². The lowest BCUT2D eigenvalue weighted by Crippen LogP contribution is -2.01. The molecule has 0 heterocycles. The Morgan fingerprint density at radius 2 is 1.12 bits per heavy atom. The molecule has 1 aromatic carbocycles. The smallest absolute Gasteiger partial charge is 0.0110 e. The highest BCUT2D eigenvalue weighted by Crippen LogP contribution is 2.33. The molecule has 0 atom stereocenters. The predicted molar refractivity (Wildman–Crippen MR) is 76.0 cm³/mol. The Morgan fingerprint density at radius 3 is 1.38 bits per heavy atom. The molecule has 0 saturated carbocycles. The first-order valence-electron chi connectivity index (χ1n) is 6.21. The van der Waals surface area contributed by atoms with Crippen LogP contribution in [0.2, 0.25) is 0 Å². The van der Waals surface area contributed by atoms with Crippen LogP contribution >= 0.6 is 12.6 Å². The lowest BCUT2D eigenvalue weighted by atomic mass is 9.89. The molecular weight excluding hydrogens is 212 g/mol. The molecule has 0 aliphatic rings. The molecule has 0 nitrogen and oxygen atoms in total. The summed E-state index contributed by atoms with van der Waals surface area (Å²) in [5, 5.41) is 0. The summed E-state index contributed by atoms with van der Waals surface area (Å²) in [5.41, 5.74) is 4.21. The molecule has 0 N–H and O–H groups in total. The molecule has 90 valence electrons. The van der Waals surface area contributed by atoms with Gasteiger partial charge in [0.25, 0.3) is 0 Å². The van der Waals surface area contributed by atoms with E-state index in [0.717, 1.165) is 0 Å². The van der Waals surface area contributed by atoms with Crippen LogP contribution in [-0.2, 0) is 0 Å². The largest absolute Gasteiger partial charge is 0.143 e. The van der Waals surface area contributed by atoms with E-state index >= 15 is 0 Å². The molecule has 1 rings (SSSR count).